The van der Waals surface area contributed by atoms with Gasteiger partial charge in [0.15, 0.2) is 0 Å². The maximum Gasteiger partial charge on any atom is 0.258 e. The Hall–Kier alpha value is -1.61. The van der Waals surface area contributed by atoms with Gasteiger partial charge in [-0.25, -0.2) is 0 Å². The van der Waals surface area contributed by atoms with Gasteiger partial charge in [0.05, 0.1) is 17.9 Å². The molecule has 0 saturated carbocycles. The van der Waals surface area contributed by atoms with E-state index in [4.69, 9.17) is 0 Å². The molecule has 1 rings (SSSR count). The number of carbonyl (C=O) groups excluding carboxylic acids is 4. The van der Waals surface area contributed by atoms with Crippen molar-refractivity contribution in [2.75, 3.05) is 31.6 Å². The summed E-state index contributed by atoms with van der Waals surface area (Å²) in [6, 6.07) is 0. The number of aliphatic hydroxyl groups is 1. The van der Waals surface area contributed by atoms with Gasteiger partial charge in [-0.05, 0) is 0 Å². The number of imide groups is 1. The quantitative estimate of drug-likeness (QED) is 0.456. The summed E-state index contributed by atoms with van der Waals surface area (Å²) in [5.41, 5.74) is 0. The van der Waals surface area contributed by atoms with Crippen molar-refractivity contribution in [3.05, 3.63) is 0 Å². The predicted molar refractivity (Wildman–Crippen MR) is 71.7 cm³/mol. The van der Waals surface area contributed by atoms with Crippen LogP contribution in [-0.2, 0) is 19.2 Å². The number of nitrogens with one attached hydrogen (secondary N) is 2. The largest absolute Gasteiger partial charge is 0.383 e. The van der Waals surface area contributed by atoms with Gasteiger partial charge in [0, 0.05) is 20.1 Å². The minimum Gasteiger partial charge on any atom is -0.383 e. The van der Waals surface area contributed by atoms with Crippen LogP contribution in [0.25, 0.3) is 0 Å². The third kappa shape index (κ3) is 4.82. The Morgan fingerprint density at radius 3 is 2.55 bits per heavy atom. The monoisotopic (exact) mass is 303 g/mol. The van der Waals surface area contributed by atoms with E-state index in [1.54, 1.807) is 0 Å². The molecule has 112 valence electrons. The highest BCUT2D eigenvalue weighted by atomic mass is 32.2. The smallest absolute Gasteiger partial charge is 0.258 e. The maximum absolute atomic E-state index is 11.4. The summed E-state index contributed by atoms with van der Waals surface area (Å²) >= 11 is 1.17. The van der Waals surface area contributed by atoms with Crippen LogP contribution in [0.2, 0.25) is 0 Å². The van der Waals surface area contributed by atoms with Crippen molar-refractivity contribution in [1.82, 2.24) is 15.5 Å². The second kappa shape index (κ2) is 7.85. The molecule has 8 nitrogen and oxygen atoms in total. The van der Waals surface area contributed by atoms with Crippen LogP contribution in [0.1, 0.15) is 6.42 Å². The number of likely N-dealkylation sites (tertiary alicyclic amines) is 1. The summed E-state index contributed by atoms with van der Waals surface area (Å²) in [5, 5.41) is 14.2. The normalized spacial score (nSPS) is 18.3. The molecule has 3 N–H and O–H groups in total. The van der Waals surface area contributed by atoms with Crippen LogP contribution in [0.15, 0.2) is 0 Å². The molecular weight excluding hydrogens is 286 g/mol. The predicted octanol–water partition coefficient (Wildman–Crippen LogP) is -2.30. The molecular formula is C11H17N3O5S. The van der Waals surface area contributed by atoms with Crippen molar-refractivity contribution >= 4 is 35.4 Å². The van der Waals surface area contributed by atoms with Crippen molar-refractivity contribution in [2.45, 2.75) is 12.5 Å². The zero-order valence-electron chi connectivity index (χ0n) is 11.0. The molecule has 1 saturated heterocycles. The number of hydrogen-bond donors (Lipinski definition) is 3. The minimum atomic E-state index is -1.26. The molecule has 0 aromatic carbocycles. The molecule has 0 unspecified atom stereocenters. The Balaban J connectivity index is 2.17. The van der Waals surface area contributed by atoms with Gasteiger partial charge in [0.25, 0.3) is 5.91 Å². The van der Waals surface area contributed by atoms with Gasteiger partial charge in [-0.2, -0.15) is 0 Å². The van der Waals surface area contributed by atoms with Crippen LogP contribution >= 0.6 is 11.8 Å². The van der Waals surface area contributed by atoms with Crippen LogP contribution in [0.5, 0.6) is 0 Å². The number of carbonyl (C=O) groups is 4. The van der Waals surface area contributed by atoms with Crippen molar-refractivity contribution < 1.29 is 24.3 Å². The molecule has 4 amide bonds. The number of hydrogen-bond acceptors (Lipinski definition) is 6. The van der Waals surface area contributed by atoms with E-state index in [9.17, 15) is 24.3 Å². The summed E-state index contributed by atoms with van der Waals surface area (Å²) in [6.07, 6.45) is -1.46. The lowest BCUT2D eigenvalue weighted by atomic mass is 10.3. The standard InChI is InChI=1S/C11H17N3O5S/c1-12-8(16)5-20-6-9(17)13-2-3-14-10(18)4-7(15)11(14)19/h7,15H,2-6H2,1H3,(H,12,16)(H,13,17)/t7-/m0/s1. The molecule has 1 aliphatic rings. The first-order valence-electron chi connectivity index (χ1n) is 6.03. The van der Waals surface area contributed by atoms with Crippen LogP contribution in [0, 0.1) is 0 Å². The minimum absolute atomic E-state index is 0.0422. The molecule has 20 heavy (non-hydrogen) atoms. The van der Waals surface area contributed by atoms with E-state index in [2.05, 4.69) is 10.6 Å². The number of nitrogens with zero attached hydrogens (tertiary/aromatic N) is 1. The van der Waals surface area contributed by atoms with Crippen LogP contribution < -0.4 is 10.6 Å². The number of thioether (sulfide) groups is 1. The Morgan fingerprint density at radius 1 is 1.35 bits per heavy atom. The molecule has 1 aliphatic heterocycles. The van der Waals surface area contributed by atoms with E-state index >= 15 is 0 Å². The maximum atomic E-state index is 11.4. The highest BCUT2D eigenvalue weighted by molar-refractivity contribution is 8.00. The van der Waals surface area contributed by atoms with Gasteiger partial charge in [-0.3, -0.25) is 24.1 Å². The van der Waals surface area contributed by atoms with Gasteiger partial charge in [-0.1, -0.05) is 0 Å². The molecule has 1 atom stereocenters. The van der Waals surface area contributed by atoms with E-state index in [-0.39, 0.29) is 42.8 Å². The highest BCUT2D eigenvalue weighted by Gasteiger charge is 2.36. The Bertz CT molecular complexity index is 415. The fourth-order valence-electron chi connectivity index (χ4n) is 1.57. The van der Waals surface area contributed by atoms with Gasteiger partial charge in [-0.15, -0.1) is 11.8 Å². The average Bonchev–Trinajstić information content (AvgIpc) is 2.64. The highest BCUT2D eigenvalue weighted by Crippen LogP contribution is 2.11. The average molecular weight is 303 g/mol. The molecule has 1 fully saturated rings. The zero-order valence-corrected chi connectivity index (χ0v) is 11.9. The molecule has 0 spiro atoms. The molecule has 0 radical (unpaired) electrons. The van der Waals surface area contributed by atoms with Gasteiger partial charge in [0.2, 0.25) is 17.7 Å². The lowest BCUT2D eigenvalue weighted by Crippen LogP contribution is -2.39. The second-order valence-electron chi connectivity index (χ2n) is 4.12. The fourth-order valence-corrected chi connectivity index (χ4v) is 2.29. The third-order valence-electron chi connectivity index (χ3n) is 2.62. The van der Waals surface area contributed by atoms with E-state index < -0.39 is 17.9 Å². The molecule has 9 heteroatoms. The SMILES string of the molecule is CNC(=O)CSCC(=O)NCCN1C(=O)C[C@H](O)C1=O. The van der Waals surface area contributed by atoms with Gasteiger partial charge < -0.3 is 15.7 Å². The first kappa shape index (κ1) is 16.4. The van der Waals surface area contributed by atoms with Crippen molar-refractivity contribution in [2.24, 2.45) is 0 Å². The van der Waals surface area contributed by atoms with Crippen molar-refractivity contribution in [1.29, 1.82) is 0 Å². The van der Waals surface area contributed by atoms with Crippen LogP contribution in [0.3, 0.4) is 0 Å². The lowest BCUT2D eigenvalue weighted by molar-refractivity contribution is -0.141. The number of amides is 4. The summed E-state index contributed by atoms with van der Waals surface area (Å²) in [6.45, 7) is 0.171. The third-order valence-corrected chi connectivity index (χ3v) is 3.56. The molecule has 1 heterocycles. The van der Waals surface area contributed by atoms with E-state index in [1.807, 2.05) is 0 Å². The summed E-state index contributed by atoms with van der Waals surface area (Å²) in [7, 11) is 1.52. The van der Waals surface area contributed by atoms with E-state index in [0.717, 1.165) is 4.90 Å². The van der Waals surface area contributed by atoms with Gasteiger partial charge >= 0.3 is 0 Å². The fraction of sp³-hybridized carbons (Fsp3) is 0.636. The first-order chi connectivity index (χ1) is 9.45. The Labute approximate surface area is 120 Å². The number of rotatable bonds is 7. The summed E-state index contributed by atoms with van der Waals surface area (Å²) in [5.74, 6) is -1.19. The second-order valence-corrected chi connectivity index (χ2v) is 5.11. The Morgan fingerprint density at radius 2 is 2.00 bits per heavy atom. The first-order valence-corrected chi connectivity index (χ1v) is 7.18. The van der Waals surface area contributed by atoms with E-state index in [0.29, 0.717) is 0 Å². The Kier molecular flexibility index (Phi) is 6.46. The molecule has 0 bridgehead atoms. The lowest BCUT2D eigenvalue weighted by Gasteiger charge is -2.14. The van der Waals surface area contributed by atoms with Gasteiger partial charge in [0.1, 0.15) is 6.10 Å². The molecule has 0 aliphatic carbocycles. The van der Waals surface area contributed by atoms with Crippen molar-refractivity contribution in [3.63, 3.8) is 0 Å². The van der Waals surface area contributed by atoms with Crippen LogP contribution in [0.4, 0.5) is 0 Å². The van der Waals surface area contributed by atoms with Crippen LogP contribution in [-0.4, -0.2) is 71.4 Å². The molecule has 0 aromatic heterocycles. The van der Waals surface area contributed by atoms with E-state index in [1.165, 1.54) is 18.8 Å². The van der Waals surface area contributed by atoms with Crippen molar-refractivity contribution in [3.8, 4) is 0 Å². The zero-order chi connectivity index (χ0) is 15.1. The number of aliphatic hydroxyl groups excluding tert-OH is 1. The topological polar surface area (TPSA) is 116 Å². The summed E-state index contributed by atoms with van der Waals surface area (Å²) < 4.78 is 0. The molecule has 0 aromatic rings. The summed E-state index contributed by atoms with van der Waals surface area (Å²) in [4.78, 5) is 46.0.